The normalized spacial score (nSPS) is 13.6. The van der Waals surface area contributed by atoms with Gasteiger partial charge < -0.3 is 15.3 Å². The summed E-state index contributed by atoms with van der Waals surface area (Å²) in [5.74, 6) is 0. The van der Waals surface area contributed by atoms with Crippen LogP contribution >= 0.6 is 0 Å². The highest BCUT2D eigenvalue weighted by Crippen LogP contribution is 1.97. The highest BCUT2D eigenvalue weighted by atomic mass is 16.3. The van der Waals surface area contributed by atoms with Gasteiger partial charge in [-0.05, 0) is 27.1 Å². The first-order valence-corrected chi connectivity index (χ1v) is 5.22. The molecule has 0 rings (SSSR count). The minimum atomic E-state index is -0.239. The molecule has 1 unspecified atom stereocenters. The summed E-state index contributed by atoms with van der Waals surface area (Å²) in [7, 11) is 3.93. The second kappa shape index (κ2) is 8.48. The van der Waals surface area contributed by atoms with Gasteiger partial charge in [0.15, 0.2) is 0 Å². The Hall–Kier alpha value is -0.120. The Kier molecular flexibility index (Phi) is 8.40. The Morgan fingerprint density at radius 3 is 2.62 bits per heavy atom. The Labute approximate surface area is 82.1 Å². The van der Waals surface area contributed by atoms with Gasteiger partial charge >= 0.3 is 0 Å². The molecule has 2 N–H and O–H groups in total. The van der Waals surface area contributed by atoms with Crippen molar-refractivity contribution >= 4 is 0 Å². The van der Waals surface area contributed by atoms with E-state index in [1.54, 1.807) is 0 Å². The lowest BCUT2D eigenvalue weighted by Gasteiger charge is -2.20. The summed E-state index contributed by atoms with van der Waals surface area (Å²) in [6, 6.07) is 0. The van der Waals surface area contributed by atoms with E-state index in [1.807, 2.05) is 7.05 Å². The maximum atomic E-state index is 9.47. The molecule has 80 valence electrons. The monoisotopic (exact) mass is 188 g/mol. The van der Waals surface area contributed by atoms with Crippen molar-refractivity contribution in [3.8, 4) is 0 Å². The molecule has 0 amide bonds. The summed E-state index contributed by atoms with van der Waals surface area (Å²) >= 11 is 0. The zero-order valence-electron chi connectivity index (χ0n) is 9.21. The Balaban J connectivity index is 3.32. The van der Waals surface area contributed by atoms with Gasteiger partial charge in [-0.2, -0.15) is 0 Å². The number of hydrogen-bond donors (Lipinski definition) is 2. The largest absolute Gasteiger partial charge is 0.390 e. The number of rotatable bonds is 8. The lowest BCUT2D eigenvalue weighted by molar-refractivity contribution is 0.125. The van der Waals surface area contributed by atoms with Crippen molar-refractivity contribution in [2.24, 2.45) is 0 Å². The van der Waals surface area contributed by atoms with Gasteiger partial charge in [-0.3, -0.25) is 0 Å². The lowest BCUT2D eigenvalue weighted by Crippen LogP contribution is -2.35. The molecule has 3 heteroatoms. The molecular formula is C10H24N2O. The van der Waals surface area contributed by atoms with Crippen LogP contribution in [0.5, 0.6) is 0 Å². The van der Waals surface area contributed by atoms with Crippen LogP contribution in [-0.2, 0) is 0 Å². The first-order chi connectivity index (χ1) is 6.20. The highest BCUT2D eigenvalue weighted by molar-refractivity contribution is 4.62. The number of nitrogens with one attached hydrogen (secondary N) is 1. The zero-order chi connectivity index (χ0) is 10.1. The molecule has 0 saturated heterocycles. The van der Waals surface area contributed by atoms with E-state index in [1.165, 1.54) is 19.3 Å². The average molecular weight is 188 g/mol. The van der Waals surface area contributed by atoms with E-state index < -0.39 is 0 Å². The molecule has 0 aromatic rings. The average Bonchev–Trinajstić information content (AvgIpc) is 2.05. The van der Waals surface area contributed by atoms with Gasteiger partial charge in [0.1, 0.15) is 0 Å². The Morgan fingerprint density at radius 2 is 2.08 bits per heavy atom. The van der Waals surface area contributed by atoms with Gasteiger partial charge in [-0.1, -0.05) is 19.8 Å². The molecule has 0 aromatic heterocycles. The SMILES string of the molecule is CCCCCN(C)CC(O)CNC. The van der Waals surface area contributed by atoms with Crippen molar-refractivity contribution in [2.75, 3.05) is 33.7 Å². The van der Waals surface area contributed by atoms with Crippen molar-refractivity contribution in [2.45, 2.75) is 32.3 Å². The molecule has 0 heterocycles. The molecule has 13 heavy (non-hydrogen) atoms. The van der Waals surface area contributed by atoms with Crippen LogP contribution in [0.3, 0.4) is 0 Å². The fourth-order valence-electron chi connectivity index (χ4n) is 1.38. The first-order valence-electron chi connectivity index (χ1n) is 5.22. The van der Waals surface area contributed by atoms with Crippen LogP contribution in [0.15, 0.2) is 0 Å². The standard InChI is InChI=1S/C10H24N2O/c1-4-5-6-7-12(3)9-10(13)8-11-2/h10-11,13H,4-9H2,1-3H3. The van der Waals surface area contributed by atoms with Crippen molar-refractivity contribution in [1.29, 1.82) is 0 Å². The summed E-state index contributed by atoms with van der Waals surface area (Å²) in [5.41, 5.74) is 0. The number of aliphatic hydroxyl groups excluding tert-OH is 1. The van der Waals surface area contributed by atoms with E-state index in [0.29, 0.717) is 6.54 Å². The molecule has 1 atom stereocenters. The summed E-state index contributed by atoms with van der Waals surface area (Å²) < 4.78 is 0. The van der Waals surface area contributed by atoms with Gasteiger partial charge in [-0.25, -0.2) is 0 Å². The maximum absolute atomic E-state index is 9.47. The van der Waals surface area contributed by atoms with Crippen molar-refractivity contribution in [3.05, 3.63) is 0 Å². The van der Waals surface area contributed by atoms with E-state index in [0.717, 1.165) is 13.1 Å². The van der Waals surface area contributed by atoms with E-state index >= 15 is 0 Å². The Bertz CT molecular complexity index is 109. The topological polar surface area (TPSA) is 35.5 Å². The third-order valence-electron chi connectivity index (χ3n) is 2.11. The minimum absolute atomic E-state index is 0.239. The molecule has 0 aliphatic heterocycles. The molecule has 3 nitrogen and oxygen atoms in total. The molecule has 0 bridgehead atoms. The molecular weight excluding hydrogens is 164 g/mol. The smallest absolute Gasteiger partial charge is 0.0791 e. The van der Waals surface area contributed by atoms with Crippen LogP contribution in [0.2, 0.25) is 0 Å². The zero-order valence-corrected chi connectivity index (χ0v) is 9.21. The number of aliphatic hydroxyl groups is 1. The van der Waals surface area contributed by atoms with Crippen molar-refractivity contribution in [1.82, 2.24) is 10.2 Å². The molecule has 0 spiro atoms. The van der Waals surface area contributed by atoms with Crippen LogP contribution in [-0.4, -0.2) is 49.8 Å². The minimum Gasteiger partial charge on any atom is -0.390 e. The van der Waals surface area contributed by atoms with E-state index in [4.69, 9.17) is 0 Å². The summed E-state index contributed by atoms with van der Waals surface area (Å²) in [4.78, 5) is 2.19. The molecule has 0 aliphatic rings. The van der Waals surface area contributed by atoms with Gasteiger partial charge in [0.05, 0.1) is 6.10 Å². The van der Waals surface area contributed by atoms with Crippen molar-refractivity contribution < 1.29 is 5.11 Å². The predicted octanol–water partition coefficient (Wildman–Crippen LogP) is 0.689. The van der Waals surface area contributed by atoms with Crippen LogP contribution in [0.25, 0.3) is 0 Å². The highest BCUT2D eigenvalue weighted by Gasteiger charge is 2.05. The quantitative estimate of drug-likeness (QED) is 0.550. The van der Waals surface area contributed by atoms with Gasteiger partial charge in [0, 0.05) is 13.1 Å². The first kappa shape index (κ1) is 12.9. The second-order valence-electron chi connectivity index (χ2n) is 3.68. The maximum Gasteiger partial charge on any atom is 0.0791 e. The van der Waals surface area contributed by atoms with Crippen molar-refractivity contribution in [3.63, 3.8) is 0 Å². The number of hydrogen-bond acceptors (Lipinski definition) is 3. The number of likely N-dealkylation sites (N-methyl/N-ethyl adjacent to an activating group) is 2. The number of unbranched alkanes of at least 4 members (excludes halogenated alkanes) is 2. The van der Waals surface area contributed by atoms with Crippen LogP contribution in [0.1, 0.15) is 26.2 Å². The molecule has 0 saturated carbocycles. The molecule has 0 aromatic carbocycles. The number of nitrogens with zero attached hydrogens (tertiary/aromatic N) is 1. The van der Waals surface area contributed by atoms with E-state index in [9.17, 15) is 5.11 Å². The van der Waals surface area contributed by atoms with Crippen LogP contribution in [0.4, 0.5) is 0 Å². The molecule has 0 fully saturated rings. The van der Waals surface area contributed by atoms with Gasteiger partial charge in [0.25, 0.3) is 0 Å². The van der Waals surface area contributed by atoms with E-state index in [-0.39, 0.29) is 6.10 Å². The van der Waals surface area contributed by atoms with Gasteiger partial charge in [0.2, 0.25) is 0 Å². The lowest BCUT2D eigenvalue weighted by atomic mass is 10.2. The fraction of sp³-hybridized carbons (Fsp3) is 1.00. The van der Waals surface area contributed by atoms with Gasteiger partial charge in [-0.15, -0.1) is 0 Å². The molecule has 0 aliphatic carbocycles. The Morgan fingerprint density at radius 1 is 1.38 bits per heavy atom. The summed E-state index contributed by atoms with van der Waals surface area (Å²) in [5, 5.41) is 12.4. The predicted molar refractivity (Wildman–Crippen MR) is 57.0 cm³/mol. The summed E-state index contributed by atoms with van der Waals surface area (Å²) in [6.45, 7) is 4.74. The summed E-state index contributed by atoms with van der Waals surface area (Å²) in [6.07, 6.45) is 3.54. The molecule has 0 radical (unpaired) electrons. The fourth-order valence-corrected chi connectivity index (χ4v) is 1.38. The van der Waals surface area contributed by atoms with E-state index in [2.05, 4.69) is 24.2 Å². The van der Waals surface area contributed by atoms with Crippen LogP contribution < -0.4 is 5.32 Å². The second-order valence-corrected chi connectivity index (χ2v) is 3.68. The van der Waals surface area contributed by atoms with Crippen LogP contribution in [0, 0.1) is 0 Å². The third-order valence-corrected chi connectivity index (χ3v) is 2.11. The third kappa shape index (κ3) is 8.22.